The van der Waals surface area contributed by atoms with Gasteiger partial charge in [-0.2, -0.15) is 0 Å². The van der Waals surface area contributed by atoms with E-state index in [9.17, 15) is 14.7 Å². The predicted molar refractivity (Wildman–Crippen MR) is 89.7 cm³/mol. The zero-order valence-electron chi connectivity index (χ0n) is 13.4. The monoisotopic (exact) mass is 337 g/mol. The highest BCUT2D eigenvalue weighted by Gasteiger charge is 2.35. The van der Waals surface area contributed by atoms with Crippen LogP contribution in [0.5, 0.6) is 5.75 Å². The fourth-order valence-electron chi connectivity index (χ4n) is 3.22. The van der Waals surface area contributed by atoms with E-state index in [1.54, 1.807) is 43.5 Å². The summed E-state index contributed by atoms with van der Waals surface area (Å²) >= 11 is 0. The number of fused-ring (bicyclic) bond motifs is 2. The number of carbonyl (C=O) groups excluding carboxylic acids is 2. The number of aromatic nitrogens is 1. The molecule has 0 bridgehead atoms. The molecule has 1 aromatic heterocycles. The van der Waals surface area contributed by atoms with Gasteiger partial charge in [0.25, 0.3) is 0 Å². The Hall–Kier alpha value is -3.28. The second-order valence-electron chi connectivity index (χ2n) is 5.69. The smallest absolute Gasteiger partial charge is 0.418 e. The third-order valence-electron chi connectivity index (χ3n) is 4.31. The van der Waals surface area contributed by atoms with Crippen molar-refractivity contribution in [2.24, 2.45) is 0 Å². The zero-order valence-corrected chi connectivity index (χ0v) is 13.4. The molecule has 2 heterocycles. The lowest BCUT2D eigenvalue weighted by molar-refractivity contribution is 0.0455. The molecule has 3 aromatic rings. The highest BCUT2D eigenvalue weighted by Crippen LogP contribution is 2.43. The summed E-state index contributed by atoms with van der Waals surface area (Å²) in [5, 5.41) is 11.0. The number of phenolic OH excluding ortho intramolecular Hbond substituents is 1. The number of hydrogen-bond acceptors (Lipinski definition) is 5. The van der Waals surface area contributed by atoms with Crippen molar-refractivity contribution >= 4 is 23.0 Å². The first kappa shape index (κ1) is 15.3. The fourth-order valence-corrected chi connectivity index (χ4v) is 3.22. The molecule has 2 aromatic carbocycles. The highest BCUT2D eigenvalue weighted by atomic mass is 16.6. The fraction of sp³-hybridized carbons (Fsp3) is 0.158. The number of aromatic hydroxyl groups is 1. The molecule has 0 spiro atoms. The second kappa shape index (κ2) is 5.66. The van der Waals surface area contributed by atoms with Crippen LogP contribution in [0.1, 0.15) is 34.5 Å². The van der Waals surface area contributed by atoms with Gasteiger partial charge in [0, 0.05) is 22.7 Å². The lowest BCUT2D eigenvalue weighted by atomic mass is 9.96. The van der Waals surface area contributed by atoms with Crippen LogP contribution < -0.4 is 0 Å². The summed E-state index contributed by atoms with van der Waals surface area (Å²) in [6.07, 6.45) is 0.359. The van der Waals surface area contributed by atoms with Gasteiger partial charge < -0.3 is 14.6 Å². The minimum absolute atomic E-state index is 0.00334. The summed E-state index contributed by atoms with van der Waals surface area (Å²) in [7, 11) is 0. The van der Waals surface area contributed by atoms with Gasteiger partial charge in [0.1, 0.15) is 5.75 Å². The van der Waals surface area contributed by atoms with Gasteiger partial charge in [0.15, 0.2) is 6.10 Å². The molecule has 1 unspecified atom stereocenters. The maximum Gasteiger partial charge on any atom is 0.418 e. The number of nitrogens with zero attached hydrogens (tertiary/aromatic N) is 1. The third kappa shape index (κ3) is 2.26. The quantitative estimate of drug-likeness (QED) is 0.723. The molecule has 0 fully saturated rings. The van der Waals surface area contributed by atoms with E-state index in [4.69, 9.17) is 9.47 Å². The van der Waals surface area contributed by atoms with Crippen molar-refractivity contribution < 1.29 is 24.2 Å². The van der Waals surface area contributed by atoms with Crippen LogP contribution >= 0.6 is 0 Å². The first-order chi connectivity index (χ1) is 12.1. The van der Waals surface area contributed by atoms with Crippen molar-refractivity contribution in [3.05, 3.63) is 65.4 Å². The first-order valence-electron chi connectivity index (χ1n) is 7.91. The van der Waals surface area contributed by atoms with Crippen molar-refractivity contribution in [2.45, 2.75) is 13.0 Å². The van der Waals surface area contributed by atoms with Crippen LogP contribution in [-0.4, -0.2) is 28.3 Å². The van der Waals surface area contributed by atoms with Crippen molar-refractivity contribution in [3.8, 4) is 5.75 Å². The molecule has 4 rings (SSSR count). The maximum absolute atomic E-state index is 12.1. The Kier molecular flexibility index (Phi) is 3.46. The Morgan fingerprint density at radius 3 is 2.84 bits per heavy atom. The topological polar surface area (TPSA) is 77.8 Å². The molecule has 126 valence electrons. The van der Waals surface area contributed by atoms with Crippen LogP contribution in [0.4, 0.5) is 4.79 Å². The number of rotatable bonds is 2. The lowest BCUT2D eigenvalue weighted by Gasteiger charge is -2.15. The van der Waals surface area contributed by atoms with Gasteiger partial charge in [-0.1, -0.05) is 18.2 Å². The summed E-state index contributed by atoms with van der Waals surface area (Å²) < 4.78 is 11.9. The molecule has 6 heteroatoms. The van der Waals surface area contributed by atoms with Crippen molar-refractivity contribution in [3.63, 3.8) is 0 Å². The van der Waals surface area contributed by atoms with Gasteiger partial charge >= 0.3 is 12.1 Å². The molecule has 6 nitrogen and oxygen atoms in total. The van der Waals surface area contributed by atoms with Crippen LogP contribution in [-0.2, 0) is 9.47 Å². The second-order valence-corrected chi connectivity index (χ2v) is 5.69. The standard InChI is InChI=1S/C19H15NO5/c1-2-24-19(23)20-10-9-13-14(20)7-8-15(21)16(13)17-11-5-3-4-6-12(11)18(22)25-17/h3-10,17,21H,2H2,1H3. The number of ether oxygens (including phenoxy) is 2. The van der Waals surface area contributed by atoms with E-state index in [-0.39, 0.29) is 12.4 Å². The van der Waals surface area contributed by atoms with Crippen LogP contribution in [0.3, 0.4) is 0 Å². The van der Waals surface area contributed by atoms with E-state index in [0.29, 0.717) is 27.6 Å². The Morgan fingerprint density at radius 1 is 1.24 bits per heavy atom. The number of esters is 1. The number of cyclic esters (lactones) is 1. The Bertz CT molecular complexity index is 1000. The summed E-state index contributed by atoms with van der Waals surface area (Å²) in [5.74, 6) is -0.426. The number of hydrogen-bond donors (Lipinski definition) is 1. The predicted octanol–water partition coefficient (Wildman–Crippen LogP) is 3.61. The molecule has 0 saturated carbocycles. The van der Waals surface area contributed by atoms with Gasteiger partial charge in [-0.3, -0.25) is 4.57 Å². The molecular weight excluding hydrogens is 322 g/mol. The molecule has 25 heavy (non-hydrogen) atoms. The average Bonchev–Trinajstić information content (AvgIpc) is 3.17. The molecule has 0 amide bonds. The Labute approximate surface area is 143 Å². The van der Waals surface area contributed by atoms with Crippen molar-refractivity contribution in [1.29, 1.82) is 0 Å². The molecule has 0 aliphatic carbocycles. The maximum atomic E-state index is 12.1. The summed E-state index contributed by atoms with van der Waals surface area (Å²) in [6, 6.07) is 11.9. The molecule has 0 radical (unpaired) electrons. The van der Waals surface area contributed by atoms with Gasteiger partial charge in [0.2, 0.25) is 0 Å². The van der Waals surface area contributed by atoms with Gasteiger partial charge in [-0.15, -0.1) is 0 Å². The van der Waals surface area contributed by atoms with E-state index in [1.807, 2.05) is 6.07 Å². The van der Waals surface area contributed by atoms with Crippen LogP contribution in [0, 0.1) is 0 Å². The SMILES string of the molecule is CCOC(=O)n1ccc2c(C3OC(=O)c4ccccc43)c(O)ccc21. The zero-order chi connectivity index (χ0) is 17.6. The molecule has 1 aliphatic heterocycles. The molecule has 1 atom stereocenters. The number of carbonyl (C=O) groups is 2. The molecule has 0 saturated heterocycles. The van der Waals surface area contributed by atoms with Crippen molar-refractivity contribution in [1.82, 2.24) is 4.57 Å². The summed E-state index contributed by atoms with van der Waals surface area (Å²) in [4.78, 5) is 24.2. The van der Waals surface area contributed by atoms with Gasteiger partial charge in [0.05, 0.1) is 17.7 Å². The molecular formula is C19H15NO5. The van der Waals surface area contributed by atoms with Gasteiger partial charge in [-0.05, 0) is 31.2 Å². The number of benzene rings is 2. The van der Waals surface area contributed by atoms with Crippen LogP contribution in [0.2, 0.25) is 0 Å². The van der Waals surface area contributed by atoms with E-state index in [2.05, 4.69) is 0 Å². The molecule has 1 N–H and O–H groups in total. The normalized spacial score (nSPS) is 15.9. The largest absolute Gasteiger partial charge is 0.507 e. The van der Waals surface area contributed by atoms with E-state index in [1.165, 1.54) is 10.6 Å². The minimum atomic E-state index is -0.717. The summed E-state index contributed by atoms with van der Waals surface area (Å²) in [5.41, 5.74) is 2.21. The van der Waals surface area contributed by atoms with E-state index >= 15 is 0 Å². The molecule has 1 aliphatic rings. The van der Waals surface area contributed by atoms with E-state index < -0.39 is 18.2 Å². The Morgan fingerprint density at radius 2 is 2.04 bits per heavy atom. The van der Waals surface area contributed by atoms with E-state index in [0.717, 1.165) is 0 Å². The minimum Gasteiger partial charge on any atom is -0.507 e. The van der Waals surface area contributed by atoms with Gasteiger partial charge in [-0.25, -0.2) is 9.59 Å². The van der Waals surface area contributed by atoms with Crippen molar-refractivity contribution in [2.75, 3.05) is 6.61 Å². The number of phenols is 1. The first-order valence-corrected chi connectivity index (χ1v) is 7.91. The highest BCUT2D eigenvalue weighted by molar-refractivity contribution is 5.97. The lowest BCUT2D eigenvalue weighted by Crippen LogP contribution is -2.12. The van der Waals surface area contributed by atoms with Crippen LogP contribution in [0.15, 0.2) is 48.7 Å². The Balaban J connectivity index is 1.90. The van der Waals surface area contributed by atoms with Crippen LogP contribution in [0.25, 0.3) is 10.9 Å². The summed E-state index contributed by atoms with van der Waals surface area (Å²) in [6.45, 7) is 1.99. The average molecular weight is 337 g/mol. The third-order valence-corrected chi connectivity index (χ3v) is 4.31.